The van der Waals surface area contributed by atoms with E-state index >= 15 is 0 Å². The van der Waals surface area contributed by atoms with E-state index in [1.54, 1.807) is 25.3 Å². The number of nitrogens with zero attached hydrogens (tertiary/aromatic N) is 3. The number of carbonyl (C=O) groups excluding carboxylic acids is 2. The minimum Gasteiger partial charge on any atom is -0.497 e. The summed E-state index contributed by atoms with van der Waals surface area (Å²) in [5.74, 6) is -0.417. The fraction of sp³-hybridized carbons (Fsp3) is 0.0882. The van der Waals surface area contributed by atoms with Crippen LogP contribution in [0.2, 0.25) is 0 Å². The van der Waals surface area contributed by atoms with E-state index in [0.29, 0.717) is 33.3 Å². The van der Waals surface area contributed by atoms with Crippen LogP contribution in [-0.2, 0) is 9.53 Å². The average molecular weight is 587 g/mol. The van der Waals surface area contributed by atoms with Crippen molar-refractivity contribution in [2.75, 3.05) is 12.4 Å². The largest absolute Gasteiger partial charge is 0.497 e. The van der Waals surface area contributed by atoms with Crippen molar-refractivity contribution in [2.45, 2.75) is 13.0 Å². The highest BCUT2D eigenvalue weighted by atomic mass is 32.1. The molecule has 0 saturated carbocycles. The van der Waals surface area contributed by atoms with Gasteiger partial charge in [0.25, 0.3) is 5.91 Å². The fourth-order valence-corrected chi connectivity index (χ4v) is 5.23. The highest BCUT2D eigenvalue weighted by molar-refractivity contribution is 7.14. The summed E-state index contributed by atoms with van der Waals surface area (Å²) in [7, 11) is 1.60. The van der Waals surface area contributed by atoms with E-state index in [9.17, 15) is 9.59 Å². The maximum absolute atomic E-state index is 13.1. The molecule has 0 aliphatic heterocycles. The van der Waals surface area contributed by atoms with Gasteiger partial charge in [-0.05, 0) is 37.3 Å². The second-order valence-corrected chi connectivity index (χ2v) is 10.5. The summed E-state index contributed by atoms with van der Waals surface area (Å²) in [6.07, 6.45) is -1.06. The van der Waals surface area contributed by atoms with Crippen molar-refractivity contribution in [3.8, 4) is 39.5 Å². The predicted molar refractivity (Wildman–Crippen MR) is 168 cm³/mol. The van der Waals surface area contributed by atoms with Gasteiger partial charge < -0.3 is 9.47 Å². The van der Waals surface area contributed by atoms with Crippen molar-refractivity contribution in [3.05, 3.63) is 114 Å². The third-order valence-electron chi connectivity index (χ3n) is 6.75. The normalized spacial score (nSPS) is 11.6. The van der Waals surface area contributed by atoms with Crippen molar-refractivity contribution in [2.24, 2.45) is 0 Å². The van der Waals surface area contributed by atoms with E-state index in [1.807, 2.05) is 90.3 Å². The van der Waals surface area contributed by atoms with Crippen molar-refractivity contribution in [1.29, 1.82) is 0 Å². The molecular formula is C34H26N4O4S. The van der Waals surface area contributed by atoms with Gasteiger partial charge >= 0.3 is 5.97 Å². The maximum atomic E-state index is 13.1. The SMILES string of the molecule is COc1cccc(-c2csc(NC(=O)C(C)OC(=O)c3ccc4nc(-c5ccccc5)c(-c5ccccc5)nc4c3)n2)c1. The summed E-state index contributed by atoms with van der Waals surface area (Å²) in [6, 6.07) is 32.1. The van der Waals surface area contributed by atoms with Gasteiger partial charge in [-0.25, -0.2) is 19.7 Å². The minimum atomic E-state index is -1.06. The topological polar surface area (TPSA) is 103 Å². The number of carbonyl (C=O) groups is 2. The Balaban J connectivity index is 1.20. The highest BCUT2D eigenvalue weighted by Crippen LogP contribution is 2.31. The lowest BCUT2D eigenvalue weighted by molar-refractivity contribution is -0.123. The molecule has 0 radical (unpaired) electrons. The predicted octanol–water partition coefficient (Wildman–Crippen LogP) is 7.28. The molecule has 0 fully saturated rings. The Hall–Kier alpha value is -5.41. The van der Waals surface area contributed by atoms with Gasteiger partial charge in [-0.3, -0.25) is 10.1 Å². The highest BCUT2D eigenvalue weighted by Gasteiger charge is 2.21. The number of nitrogens with one attached hydrogen (secondary N) is 1. The molecule has 2 heterocycles. The molecule has 0 spiro atoms. The number of aromatic nitrogens is 3. The lowest BCUT2D eigenvalue weighted by Crippen LogP contribution is -2.30. The van der Waals surface area contributed by atoms with Crippen LogP contribution in [0.1, 0.15) is 17.3 Å². The van der Waals surface area contributed by atoms with Crippen LogP contribution in [0.15, 0.2) is 109 Å². The van der Waals surface area contributed by atoms with Crippen LogP contribution in [0.5, 0.6) is 5.75 Å². The number of thiazole rings is 1. The van der Waals surface area contributed by atoms with Gasteiger partial charge in [-0.1, -0.05) is 72.8 Å². The molecular weight excluding hydrogens is 560 g/mol. The molecule has 9 heteroatoms. The smallest absolute Gasteiger partial charge is 0.338 e. The van der Waals surface area contributed by atoms with Gasteiger partial charge in [0.15, 0.2) is 11.2 Å². The Labute approximate surface area is 252 Å². The molecule has 1 N–H and O–H groups in total. The lowest BCUT2D eigenvalue weighted by atomic mass is 10.0. The van der Waals surface area contributed by atoms with Crippen LogP contribution in [-0.4, -0.2) is 40.0 Å². The number of benzene rings is 4. The standard InChI is InChI=1S/C34H26N4O4S/c1-21(32(39)38-34-37-29(20-43-34)24-14-9-15-26(18-24)41-2)42-33(40)25-16-17-27-28(19-25)36-31(23-12-7-4-8-13-23)30(35-27)22-10-5-3-6-11-22/h3-21H,1-2H3,(H,37,38,39). The Morgan fingerprint density at radius 1 is 0.744 bits per heavy atom. The second kappa shape index (κ2) is 12.2. The molecule has 43 heavy (non-hydrogen) atoms. The van der Waals surface area contributed by atoms with Crippen LogP contribution >= 0.6 is 11.3 Å². The Morgan fingerprint density at radius 2 is 1.40 bits per heavy atom. The monoisotopic (exact) mass is 586 g/mol. The third-order valence-corrected chi connectivity index (χ3v) is 7.50. The zero-order valence-electron chi connectivity index (χ0n) is 23.4. The van der Waals surface area contributed by atoms with Crippen LogP contribution in [0.3, 0.4) is 0 Å². The lowest BCUT2D eigenvalue weighted by Gasteiger charge is -2.13. The average Bonchev–Trinajstić information content (AvgIpc) is 3.53. The van der Waals surface area contributed by atoms with Gasteiger partial charge in [0.2, 0.25) is 0 Å². The molecule has 0 aliphatic rings. The molecule has 212 valence electrons. The molecule has 1 unspecified atom stereocenters. The number of hydrogen-bond acceptors (Lipinski definition) is 8. The van der Waals surface area contributed by atoms with Gasteiger partial charge in [-0.15, -0.1) is 11.3 Å². The zero-order valence-corrected chi connectivity index (χ0v) is 24.2. The van der Waals surface area contributed by atoms with Gasteiger partial charge in [0.05, 0.1) is 40.8 Å². The number of esters is 1. The van der Waals surface area contributed by atoms with Crippen LogP contribution in [0, 0.1) is 0 Å². The first-order valence-corrected chi connectivity index (χ1v) is 14.4. The van der Waals surface area contributed by atoms with Crippen molar-refractivity contribution < 1.29 is 19.1 Å². The molecule has 0 saturated heterocycles. The summed E-state index contributed by atoms with van der Waals surface area (Å²) in [5, 5.41) is 4.97. The van der Waals surface area contributed by atoms with Crippen molar-refractivity contribution in [1.82, 2.24) is 15.0 Å². The molecule has 4 aromatic carbocycles. The molecule has 0 aliphatic carbocycles. The van der Waals surface area contributed by atoms with E-state index < -0.39 is 18.0 Å². The van der Waals surface area contributed by atoms with Gasteiger partial charge in [-0.2, -0.15) is 0 Å². The zero-order chi connectivity index (χ0) is 29.8. The number of fused-ring (bicyclic) bond motifs is 1. The molecule has 8 nitrogen and oxygen atoms in total. The van der Waals surface area contributed by atoms with Crippen LogP contribution in [0.4, 0.5) is 5.13 Å². The third kappa shape index (κ3) is 6.12. The number of amides is 1. The minimum absolute atomic E-state index is 0.266. The van der Waals surface area contributed by atoms with Gasteiger partial charge in [0, 0.05) is 22.1 Å². The quantitative estimate of drug-likeness (QED) is 0.187. The van der Waals surface area contributed by atoms with E-state index in [2.05, 4.69) is 10.3 Å². The Bertz CT molecular complexity index is 1930. The van der Waals surface area contributed by atoms with E-state index in [4.69, 9.17) is 19.4 Å². The Kier molecular flexibility index (Phi) is 7.88. The Morgan fingerprint density at radius 3 is 2.07 bits per heavy atom. The van der Waals surface area contributed by atoms with Crippen molar-refractivity contribution in [3.63, 3.8) is 0 Å². The number of rotatable bonds is 8. The number of anilines is 1. The first kappa shape index (κ1) is 27.7. The molecule has 6 aromatic rings. The molecule has 1 atom stereocenters. The van der Waals surface area contributed by atoms with Crippen LogP contribution < -0.4 is 10.1 Å². The van der Waals surface area contributed by atoms with E-state index in [1.165, 1.54) is 18.3 Å². The fourth-order valence-electron chi connectivity index (χ4n) is 4.51. The summed E-state index contributed by atoms with van der Waals surface area (Å²) in [5.41, 5.74) is 6.30. The first-order valence-electron chi connectivity index (χ1n) is 13.5. The number of ether oxygens (including phenoxy) is 2. The molecule has 1 amide bonds. The first-order chi connectivity index (χ1) is 21.0. The van der Waals surface area contributed by atoms with Crippen LogP contribution in [0.25, 0.3) is 44.8 Å². The van der Waals surface area contributed by atoms with E-state index in [0.717, 1.165) is 22.4 Å². The molecule has 6 rings (SSSR count). The summed E-state index contributed by atoms with van der Waals surface area (Å²) in [6.45, 7) is 1.52. The second-order valence-electron chi connectivity index (χ2n) is 9.66. The maximum Gasteiger partial charge on any atom is 0.338 e. The summed E-state index contributed by atoms with van der Waals surface area (Å²) < 4.78 is 10.8. The summed E-state index contributed by atoms with van der Waals surface area (Å²) >= 11 is 1.28. The van der Waals surface area contributed by atoms with E-state index in [-0.39, 0.29) is 5.56 Å². The van der Waals surface area contributed by atoms with Crippen molar-refractivity contribution >= 4 is 39.4 Å². The molecule has 2 aromatic heterocycles. The summed E-state index contributed by atoms with van der Waals surface area (Å²) in [4.78, 5) is 40.2. The van der Waals surface area contributed by atoms with Gasteiger partial charge in [0.1, 0.15) is 5.75 Å². The number of methoxy groups -OCH3 is 1. The molecule has 0 bridgehead atoms. The number of hydrogen-bond donors (Lipinski definition) is 1.